The molecule has 4 rings (SSSR count). The number of fused-ring (bicyclic) bond motifs is 1. The predicted molar refractivity (Wildman–Crippen MR) is 123 cm³/mol. The van der Waals surface area contributed by atoms with E-state index >= 15 is 0 Å². The number of aryl methyl sites for hydroxylation is 1. The molecule has 1 fully saturated rings. The van der Waals surface area contributed by atoms with Crippen LogP contribution in [0.15, 0.2) is 75.2 Å². The van der Waals surface area contributed by atoms with Crippen molar-refractivity contribution in [3.8, 4) is 0 Å². The molecule has 2 atom stereocenters. The van der Waals surface area contributed by atoms with Crippen molar-refractivity contribution < 1.29 is 8.42 Å². The number of nitrogens with zero attached hydrogens (tertiary/aromatic N) is 1. The van der Waals surface area contributed by atoms with Crippen LogP contribution in [-0.2, 0) is 10.0 Å². The maximum atomic E-state index is 13.3. The molecule has 0 spiro atoms. The number of benzene rings is 2. The van der Waals surface area contributed by atoms with E-state index in [1.165, 1.54) is 11.1 Å². The Morgan fingerprint density at radius 3 is 2.43 bits per heavy atom. The van der Waals surface area contributed by atoms with E-state index in [0.29, 0.717) is 28.0 Å². The Balaban J connectivity index is 1.74. The Morgan fingerprint density at radius 2 is 1.80 bits per heavy atom. The fraction of sp³-hybridized carbons (Fsp3) is 0.333. The Morgan fingerprint density at radius 1 is 1.10 bits per heavy atom. The SMILES string of the molecule is CC(C)=C(Cl)C1=C2[C@H](C[C@H]2c2cccc(Cl)c2)CN(S(=O)(=O)c2ccc(C)cc2)C1. The van der Waals surface area contributed by atoms with Crippen molar-refractivity contribution in [2.24, 2.45) is 5.92 Å². The molecule has 2 aromatic carbocycles. The van der Waals surface area contributed by atoms with Crippen LogP contribution in [0.2, 0.25) is 5.02 Å². The summed E-state index contributed by atoms with van der Waals surface area (Å²) in [6.07, 6.45) is 0.895. The Kier molecular flexibility index (Phi) is 5.88. The highest BCUT2D eigenvalue weighted by molar-refractivity contribution is 7.89. The van der Waals surface area contributed by atoms with Gasteiger partial charge in [0.05, 0.1) is 4.90 Å². The van der Waals surface area contributed by atoms with Gasteiger partial charge in [-0.1, -0.05) is 64.2 Å². The molecule has 1 heterocycles. The zero-order valence-corrected chi connectivity index (χ0v) is 19.7. The lowest BCUT2D eigenvalue weighted by Gasteiger charge is -2.47. The molecule has 0 aromatic heterocycles. The summed E-state index contributed by atoms with van der Waals surface area (Å²) in [5.74, 6) is 0.409. The average Bonchev–Trinajstić information content (AvgIpc) is 2.68. The molecule has 2 aliphatic rings. The zero-order chi connectivity index (χ0) is 21.6. The average molecular weight is 462 g/mol. The minimum Gasteiger partial charge on any atom is -0.207 e. The summed E-state index contributed by atoms with van der Waals surface area (Å²) in [5, 5.41) is 1.39. The Hall–Kier alpha value is -1.59. The van der Waals surface area contributed by atoms with Gasteiger partial charge in [0.15, 0.2) is 0 Å². The minimum absolute atomic E-state index is 0.172. The lowest BCUT2D eigenvalue weighted by Crippen LogP contribution is -2.47. The van der Waals surface area contributed by atoms with Gasteiger partial charge in [0.1, 0.15) is 0 Å². The molecule has 0 amide bonds. The van der Waals surface area contributed by atoms with Gasteiger partial charge in [0.2, 0.25) is 10.0 Å². The summed E-state index contributed by atoms with van der Waals surface area (Å²) in [7, 11) is -3.59. The van der Waals surface area contributed by atoms with Gasteiger partial charge < -0.3 is 0 Å². The third-order valence-corrected chi connectivity index (χ3v) is 8.72. The van der Waals surface area contributed by atoms with E-state index in [1.54, 1.807) is 16.4 Å². The van der Waals surface area contributed by atoms with Crippen molar-refractivity contribution in [3.05, 3.63) is 86.4 Å². The van der Waals surface area contributed by atoms with E-state index in [9.17, 15) is 8.42 Å². The largest absolute Gasteiger partial charge is 0.243 e. The first-order valence-corrected chi connectivity index (χ1v) is 12.3. The first-order chi connectivity index (χ1) is 14.2. The second-order valence-electron chi connectivity index (χ2n) is 8.40. The molecular weight excluding hydrogens is 437 g/mol. The Labute approximate surface area is 189 Å². The van der Waals surface area contributed by atoms with E-state index in [1.807, 2.05) is 51.1 Å². The molecule has 0 radical (unpaired) electrons. The molecule has 0 unspecified atom stereocenters. The van der Waals surface area contributed by atoms with Crippen molar-refractivity contribution in [3.63, 3.8) is 0 Å². The monoisotopic (exact) mass is 461 g/mol. The zero-order valence-electron chi connectivity index (χ0n) is 17.3. The summed E-state index contributed by atoms with van der Waals surface area (Å²) in [6, 6.07) is 15.0. The molecule has 3 nitrogen and oxygen atoms in total. The number of halogens is 2. The fourth-order valence-corrected chi connectivity index (χ4v) is 6.27. The fourth-order valence-electron chi connectivity index (χ4n) is 4.45. The van der Waals surface area contributed by atoms with Crippen LogP contribution in [0, 0.1) is 12.8 Å². The van der Waals surface area contributed by atoms with E-state index in [4.69, 9.17) is 23.2 Å². The van der Waals surface area contributed by atoms with Gasteiger partial charge in [0.25, 0.3) is 0 Å². The molecule has 0 saturated heterocycles. The molecular formula is C24H25Cl2NO2S. The van der Waals surface area contributed by atoms with E-state index < -0.39 is 10.0 Å². The molecule has 1 aliphatic carbocycles. The van der Waals surface area contributed by atoms with Crippen LogP contribution in [0.4, 0.5) is 0 Å². The molecule has 0 N–H and O–H groups in total. The summed E-state index contributed by atoms with van der Waals surface area (Å²) in [6.45, 7) is 6.66. The predicted octanol–water partition coefficient (Wildman–Crippen LogP) is 6.29. The van der Waals surface area contributed by atoms with Gasteiger partial charge in [-0.2, -0.15) is 4.31 Å². The van der Waals surface area contributed by atoms with Crippen molar-refractivity contribution in [2.45, 2.75) is 38.0 Å². The molecule has 6 heteroatoms. The van der Waals surface area contributed by atoms with Gasteiger partial charge in [-0.3, -0.25) is 0 Å². The molecule has 1 aliphatic heterocycles. The second kappa shape index (κ2) is 8.16. The highest BCUT2D eigenvalue weighted by Crippen LogP contribution is 2.53. The smallest absolute Gasteiger partial charge is 0.207 e. The third-order valence-electron chi connectivity index (χ3n) is 6.06. The van der Waals surface area contributed by atoms with Crippen LogP contribution in [0.1, 0.15) is 37.3 Å². The summed E-state index contributed by atoms with van der Waals surface area (Å²) < 4.78 is 28.3. The van der Waals surface area contributed by atoms with Gasteiger partial charge in [0, 0.05) is 29.1 Å². The lowest BCUT2D eigenvalue weighted by atomic mass is 9.63. The first-order valence-electron chi connectivity index (χ1n) is 10.1. The van der Waals surface area contributed by atoms with Gasteiger partial charge >= 0.3 is 0 Å². The van der Waals surface area contributed by atoms with Crippen molar-refractivity contribution in [1.82, 2.24) is 4.31 Å². The normalized spacial score (nSPS) is 21.8. The van der Waals surface area contributed by atoms with Crippen LogP contribution in [0.25, 0.3) is 0 Å². The second-order valence-corrected chi connectivity index (χ2v) is 11.2. The van der Waals surface area contributed by atoms with Crippen LogP contribution >= 0.6 is 23.2 Å². The topological polar surface area (TPSA) is 37.4 Å². The number of hydrogen-bond acceptors (Lipinski definition) is 2. The van der Waals surface area contributed by atoms with E-state index in [2.05, 4.69) is 6.07 Å². The lowest BCUT2D eigenvalue weighted by molar-refractivity contribution is 0.275. The van der Waals surface area contributed by atoms with Crippen LogP contribution in [0.3, 0.4) is 0 Å². The van der Waals surface area contributed by atoms with Crippen molar-refractivity contribution in [2.75, 3.05) is 13.1 Å². The minimum atomic E-state index is -3.59. The van der Waals surface area contributed by atoms with Crippen LogP contribution < -0.4 is 0 Å². The maximum absolute atomic E-state index is 13.3. The number of sulfonamides is 1. The van der Waals surface area contributed by atoms with Gasteiger partial charge in [-0.25, -0.2) is 8.42 Å². The van der Waals surface area contributed by atoms with E-state index in [0.717, 1.165) is 23.1 Å². The molecule has 1 saturated carbocycles. The number of rotatable bonds is 4. The summed E-state index contributed by atoms with van der Waals surface area (Å²) in [5.41, 5.74) is 5.40. The molecule has 158 valence electrons. The van der Waals surface area contributed by atoms with Crippen molar-refractivity contribution in [1.29, 1.82) is 0 Å². The number of hydrogen-bond donors (Lipinski definition) is 0. The van der Waals surface area contributed by atoms with Crippen LogP contribution in [0.5, 0.6) is 0 Å². The number of allylic oxidation sites excluding steroid dienone is 1. The standard InChI is InChI=1S/C24H25Cl2NO2S/c1-15(2)24(26)22-14-27(30(28,29)20-9-7-16(3)8-10-20)13-18-12-21(23(18)22)17-5-4-6-19(25)11-17/h4-11,18,21H,12-14H2,1-3H3/t18-,21+/m1/s1. The van der Waals surface area contributed by atoms with E-state index in [-0.39, 0.29) is 11.8 Å². The Bertz CT molecular complexity index is 1150. The van der Waals surface area contributed by atoms with Crippen molar-refractivity contribution >= 4 is 33.2 Å². The highest BCUT2D eigenvalue weighted by Gasteiger charge is 2.45. The quantitative estimate of drug-likeness (QED) is 0.536. The highest BCUT2D eigenvalue weighted by atomic mass is 35.5. The molecule has 30 heavy (non-hydrogen) atoms. The summed E-state index contributed by atoms with van der Waals surface area (Å²) >= 11 is 12.9. The summed E-state index contributed by atoms with van der Waals surface area (Å²) in [4.78, 5) is 0.329. The maximum Gasteiger partial charge on any atom is 0.243 e. The van der Waals surface area contributed by atoms with Gasteiger partial charge in [-0.15, -0.1) is 0 Å². The first kappa shape index (κ1) is 21.6. The van der Waals surface area contributed by atoms with Crippen LogP contribution in [-0.4, -0.2) is 25.8 Å². The van der Waals surface area contributed by atoms with Gasteiger partial charge in [-0.05, 0) is 68.5 Å². The molecule has 2 aromatic rings. The molecule has 0 bridgehead atoms. The third kappa shape index (κ3) is 3.87.